The SMILES string of the molecule is C[C@@H]1C[C@@H](C)CN(C(=O)[C@H](C)S(=O)(=O)Cc2ccc(Cl)c(Cl)c2)C1. The molecule has 2 rings (SSSR count). The standard InChI is InChI=1S/C17H23Cl2NO3S/c1-11-6-12(2)9-20(8-11)17(21)13(3)24(22,23)10-14-4-5-15(18)16(19)7-14/h4-5,7,11-13H,6,8-10H2,1-3H3/t11-,12-,13+/m1/s1. The number of amides is 1. The Morgan fingerprint density at radius 3 is 2.33 bits per heavy atom. The average molecular weight is 392 g/mol. The topological polar surface area (TPSA) is 54.5 Å². The molecule has 1 aromatic carbocycles. The molecule has 0 bridgehead atoms. The van der Waals surface area contributed by atoms with Crippen LogP contribution in [0.5, 0.6) is 0 Å². The molecule has 24 heavy (non-hydrogen) atoms. The summed E-state index contributed by atoms with van der Waals surface area (Å²) in [5.41, 5.74) is 0.532. The number of likely N-dealkylation sites (tertiary alicyclic amines) is 1. The Balaban J connectivity index is 2.12. The van der Waals surface area contributed by atoms with Crippen LogP contribution in [0.15, 0.2) is 18.2 Å². The number of nitrogens with zero attached hydrogens (tertiary/aromatic N) is 1. The molecule has 1 aromatic rings. The molecule has 0 aromatic heterocycles. The Bertz CT molecular complexity index is 711. The van der Waals surface area contributed by atoms with E-state index in [1.807, 2.05) is 0 Å². The highest BCUT2D eigenvalue weighted by Crippen LogP contribution is 2.26. The van der Waals surface area contributed by atoms with Crippen LogP contribution in [0.25, 0.3) is 0 Å². The van der Waals surface area contributed by atoms with Crippen molar-refractivity contribution in [3.8, 4) is 0 Å². The maximum Gasteiger partial charge on any atom is 0.240 e. The van der Waals surface area contributed by atoms with E-state index >= 15 is 0 Å². The molecule has 4 nitrogen and oxygen atoms in total. The minimum Gasteiger partial charge on any atom is -0.341 e. The van der Waals surface area contributed by atoms with Crippen LogP contribution in [0, 0.1) is 11.8 Å². The number of hydrogen-bond donors (Lipinski definition) is 0. The van der Waals surface area contributed by atoms with Crippen molar-refractivity contribution in [2.45, 2.75) is 38.2 Å². The smallest absolute Gasteiger partial charge is 0.240 e. The van der Waals surface area contributed by atoms with Crippen LogP contribution in [-0.4, -0.2) is 37.6 Å². The van der Waals surface area contributed by atoms with Gasteiger partial charge >= 0.3 is 0 Å². The van der Waals surface area contributed by atoms with Crippen LogP contribution in [-0.2, 0) is 20.4 Å². The molecule has 0 unspecified atom stereocenters. The van der Waals surface area contributed by atoms with E-state index in [0.717, 1.165) is 6.42 Å². The molecule has 1 saturated heterocycles. The maximum absolute atomic E-state index is 12.6. The Labute approximate surface area is 154 Å². The summed E-state index contributed by atoms with van der Waals surface area (Å²) in [6.07, 6.45) is 1.06. The monoisotopic (exact) mass is 391 g/mol. The van der Waals surface area contributed by atoms with Crippen molar-refractivity contribution in [3.05, 3.63) is 33.8 Å². The fraction of sp³-hybridized carbons (Fsp3) is 0.588. The fourth-order valence-corrected chi connectivity index (χ4v) is 4.91. The van der Waals surface area contributed by atoms with Gasteiger partial charge in [0.15, 0.2) is 9.84 Å². The van der Waals surface area contributed by atoms with E-state index in [9.17, 15) is 13.2 Å². The Morgan fingerprint density at radius 2 is 1.79 bits per heavy atom. The van der Waals surface area contributed by atoms with Crippen molar-refractivity contribution in [1.82, 2.24) is 4.90 Å². The van der Waals surface area contributed by atoms with Gasteiger partial charge in [-0.1, -0.05) is 43.1 Å². The first-order chi connectivity index (χ1) is 11.1. The molecular formula is C17H23Cl2NO3S. The zero-order chi connectivity index (χ0) is 18.1. The lowest BCUT2D eigenvalue weighted by Gasteiger charge is -2.36. The highest BCUT2D eigenvalue weighted by Gasteiger charge is 2.34. The average Bonchev–Trinajstić information content (AvgIpc) is 2.48. The van der Waals surface area contributed by atoms with Gasteiger partial charge in [-0.25, -0.2) is 8.42 Å². The molecule has 0 N–H and O–H groups in total. The lowest BCUT2D eigenvalue weighted by Crippen LogP contribution is -2.48. The molecule has 0 radical (unpaired) electrons. The lowest BCUT2D eigenvalue weighted by molar-refractivity contribution is -0.133. The van der Waals surface area contributed by atoms with Gasteiger partial charge in [0.1, 0.15) is 5.25 Å². The van der Waals surface area contributed by atoms with Crippen LogP contribution in [0.2, 0.25) is 10.0 Å². The van der Waals surface area contributed by atoms with E-state index in [1.54, 1.807) is 17.0 Å². The van der Waals surface area contributed by atoms with E-state index in [2.05, 4.69) is 13.8 Å². The predicted octanol–water partition coefficient (Wildman–Crippen LogP) is 3.80. The molecule has 1 heterocycles. The van der Waals surface area contributed by atoms with Crippen LogP contribution >= 0.6 is 23.2 Å². The Hall–Kier alpha value is -0.780. The maximum atomic E-state index is 12.6. The third-order valence-electron chi connectivity index (χ3n) is 4.42. The van der Waals surface area contributed by atoms with E-state index < -0.39 is 15.1 Å². The largest absolute Gasteiger partial charge is 0.341 e. The van der Waals surface area contributed by atoms with Gasteiger partial charge in [-0.05, 0) is 42.9 Å². The summed E-state index contributed by atoms with van der Waals surface area (Å²) in [7, 11) is -3.62. The van der Waals surface area contributed by atoms with Crippen LogP contribution in [0.3, 0.4) is 0 Å². The zero-order valence-electron chi connectivity index (χ0n) is 14.1. The van der Waals surface area contributed by atoms with Gasteiger partial charge < -0.3 is 4.90 Å². The van der Waals surface area contributed by atoms with Crippen LogP contribution in [0.4, 0.5) is 0 Å². The van der Waals surface area contributed by atoms with Crippen LogP contribution in [0.1, 0.15) is 32.8 Å². The minimum atomic E-state index is -3.62. The number of piperidine rings is 1. The van der Waals surface area contributed by atoms with E-state index in [-0.39, 0.29) is 11.7 Å². The summed E-state index contributed by atoms with van der Waals surface area (Å²) >= 11 is 11.8. The zero-order valence-corrected chi connectivity index (χ0v) is 16.5. The number of halogens is 2. The van der Waals surface area contributed by atoms with Gasteiger partial charge in [-0.3, -0.25) is 4.79 Å². The highest BCUT2D eigenvalue weighted by molar-refractivity contribution is 7.92. The Morgan fingerprint density at radius 1 is 1.21 bits per heavy atom. The van der Waals surface area contributed by atoms with Crippen molar-refractivity contribution in [3.63, 3.8) is 0 Å². The first-order valence-electron chi connectivity index (χ1n) is 8.04. The predicted molar refractivity (Wildman–Crippen MR) is 98.1 cm³/mol. The summed E-state index contributed by atoms with van der Waals surface area (Å²) in [5, 5.41) is -0.385. The summed E-state index contributed by atoms with van der Waals surface area (Å²) in [6.45, 7) is 6.89. The number of rotatable bonds is 4. The molecule has 134 valence electrons. The molecule has 1 aliphatic heterocycles. The van der Waals surface area contributed by atoms with Gasteiger partial charge in [0.25, 0.3) is 0 Å². The third-order valence-corrected chi connectivity index (χ3v) is 7.17. The molecule has 3 atom stereocenters. The summed E-state index contributed by atoms with van der Waals surface area (Å²) in [5.74, 6) is 0.245. The van der Waals surface area contributed by atoms with E-state index in [1.165, 1.54) is 13.0 Å². The quantitative estimate of drug-likeness (QED) is 0.783. The Kier molecular flexibility index (Phi) is 6.21. The lowest BCUT2D eigenvalue weighted by atomic mass is 9.92. The van der Waals surface area contributed by atoms with Crippen molar-refractivity contribution < 1.29 is 13.2 Å². The normalized spacial score (nSPS) is 23.1. The molecule has 1 amide bonds. The first-order valence-corrected chi connectivity index (χ1v) is 10.5. The first kappa shape index (κ1) is 19.5. The number of sulfone groups is 1. The third kappa shape index (κ3) is 4.64. The molecule has 1 fully saturated rings. The van der Waals surface area contributed by atoms with Gasteiger partial charge in [0.05, 0.1) is 15.8 Å². The molecule has 7 heteroatoms. The second-order valence-electron chi connectivity index (χ2n) is 6.89. The van der Waals surface area contributed by atoms with Gasteiger partial charge in [-0.15, -0.1) is 0 Å². The van der Waals surface area contributed by atoms with Gasteiger partial charge in [-0.2, -0.15) is 0 Å². The number of carbonyl (C=O) groups is 1. The molecule has 0 aliphatic carbocycles. The van der Waals surface area contributed by atoms with E-state index in [4.69, 9.17) is 23.2 Å². The summed E-state index contributed by atoms with van der Waals surface area (Å²) in [6, 6.07) is 4.72. The highest BCUT2D eigenvalue weighted by atomic mass is 35.5. The number of hydrogen-bond acceptors (Lipinski definition) is 3. The van der Waals surface area contributed by atoms with Crippen LogP contribution < -0.4 is 0 Å². The van der Waals surface area contributed by atoms with Crippen molar-refractivity contribution >= 4 is 38.9 Å². The van der Waals surface area contributed by atoms with E-state index in [0.29, 0.717) is 40.5 Å². The number of benzene rings is 1. The molecule has 0 saturated carbocycles. The minimum absolute atomic E-state index is 0.226. The van der Waals surface area contributed by atoms with Crippen molar-refractivity contribution in [2.24, 2.45) is 11.8 Å². The number of carbonyl (C=O) groups excluding carboxylic acids is 1. The van der Waals surface area contributed by atoms with Crippen molar-refractivity contribution in [1.29, 1.82) is 0 Å². The van der Waals surface area contributed by atoms with Gasteiger partial charge in [0.2, 0.25) is 5.91 Å². The summed E-state index contributed by atoms with van der Waals surface area (Å²) in [4.78, 5) is 14.3. The van der Waals surface area contributed by atoms with Crippen molar-refractivity contribution in [2.75, 3.05) is 13.1 Å². The second kappa shape index (κ2) is 7.63. The second-order valence-corrected chi connectivity index (χ2v) is 10.0. The fourth-order valence-electron chi connectivity index (χ4n) is 3.24. The van der Waals surface area contributed by atoms with Gasteiger partial charge in [0, 0.05) is 13.1 Å². The molecule has 0 spiro atoms. The molecule has 1 aliphatic rings. The summed E-state index contributed by atoms with van der Waals surface area (Å²) < 4.78 is 25.2. The molecular weight excluding hydrogens is 369 g/mol.